The van der Waals surface area contributed by atoms with Crippen molar-refractivity contribution in [3.05, 3.63) is 94.3 Å². The Kier molecular flexibility index (Phi) is 5.95. The molecule has 0 saturated heterocycles. The summed E-state index contributed by atoms with van der Waals surface area (Å²) in [5.74, 6) is 0.479. The molecule has 166 valence electrons. The second-order valence-corrected chi connectivity index (χ2v) is 8.42. The fraction of sp³-hybridized carbons (Fsp3) is 0.269. The molecule has 2 aromatic heterocycles. The highest BCUT2D eigenvalue weighted by molar-refractivity contribution is 5.94. The van der Waals surface area contributed by atoms with Gasteiger partial charge in [-0.2, -0.15) is 0 Å². The number of benzene rings is 2. The van der Waals surface area contributed by atoms with Crippen LogP contribution in [0.5, 0.6) is 0 Å². The number of halogens is 3. The third kappa shape index (κ3) is 3.65. The van der Waals surface area contributed by atoms with E-state index in [9.17, 15) is 8.78 Å². The molecule has 0 bridgehead atoms. The van der Waals surface area contributed by atoms with Gasteiger partial charge in [-0.1, -0.05) is 18.2 Å². The number of hydrogen-bond donors (Lipinski definition) is 0. The van der Waals surface area contributed by atoms with Crippen molar-refractivity contribution in [2.75, 3.05) is 11.4 Å². The molecule has 0 amide bonds. The molecule has 1 aliphatic heterocycles. The van der Waals surface area contributed by atoms with E-state index in [1.807, 2.05) is 24.4 Å². The lowest BCUT2D eigenvalue weighted by Gasteiger charge is -2.36. The van der Waals surface area contributed by atoms with Crippen LogP contribution in [-0.4, -0.2) is 16.1 Å². The van der Waals surface area contributed by atoms with Crippen LogP contribution in [0.3, 0.4) is 0 Å². The summed E-state index contributed by atoms with van der Waals surface area (Å²) in [5, 5.41) is 1.17. The number of nitrogens with zero attached hydrogens (tertiary/aromatic N) is 3. The third-order valence-corrected chi connectivity index (χ3v) is 6.70. The lowest BCUT2D eigenvalue weighted by molar-refractivity contribution is 0.590. The molecule has 5 rings (SSSR count). The Balaban J connectivity index is 0.00000245. The van der Waals surface area contributed by atoms with Crippen molar-refractivity contribution < 1.29 is 8.78 Å². The van der Waals surface area contributed by atoms with Crippen molar-refractivity contribution in [3.63, 3.8) is 0 Å². The van der Waals surface area contributed by atoms with Crippen LogP contribution in [0.25, 0.3) is 10.9 Å². The van der Waals surface area contributed by atoms with E-state index in [1.165, 1.54) is 34.3 Å². The van der Waals surface area contributed by atoms with Crippen molar-refractivity contribution in [2.45, 2.75) is 39.8 Å². The second-order valence-electron chi connectivity index (χ2n) is 8.42. The van der Waals surface area contributed by atoms with Crippen molar-refractivity contribution in [1.29, 1.82) is 0 Å². The van der Waals surface area contributed by atoms with E-state index in [0.29, 0.717) is 6.54 Å². The minimum atomic E-state index is -0.232. The van der Waals surface area contributed by atoms with Crippen LogP contribution < -0.4 is 4.90 Å². The Morgan fingerprint density at radius 3 is 2.47 bits per heavy atom. The maximum Gasteiger partial charge on any atom is 0.153 e. The molecule has 32 heavy (non-hydrogen) atoms. The molecule has 3 heterocycles. The minimum absolute atomic E-state index is 0. The van der Waals surface area contributed by atoms with Gasteiger partial charge >= 0.3 is 0 Å². The quantitative estimate of drug-likeness (QED) is 0.352. The van der Waals surface area contributed by atoms with Crippen LogP contribution in [0, 0.1) is 25.5 Å². The summed E-state index contributed by atoms with van der Waals surface area (Å²) in [4.78, 5) is 7.08. The van der Waals surface area contributed by atoms with E-state index in [1.54, 1.807) is 12.1 Å². The van der Waals surface area contributed by atoms with Gasteiger partial charge in [0.05, 0.1) is 11.6 Å². The summed E-state index contributed by atoms with van der Waals surface area (Å²) in [6, 6.07) is 13.8. The first kappa shape index (κ1) is 22.3. The fourth-order valence-corrected chi connectivity index (χ4v) is 4.83. The molecule has 1 atom stereocenters. The first-order valence-corrected chi connectivity index (χ1v) is 10.7. The molecule has 0 N–H and O–H groups in total. The molecule has 0 fully saturated rings. The van der Waals surface area contributed by atoms with E-state index < -0.39 is 0 Å². The monoisotopic (exact) mass is 453 g/mol. The molecule has 6 heteroatoms. The highest BCUT2D eigenvalue weighted by atomic mass is 35.5. The van der Waals surface area contributed by atoms with E-state index in [2.05, 4.69) is 36.3 Å². The zero-order valence-corrected chi connectivity index (χ0v) is 19.2. The molecule has 2 aromatic carbocycles. The summed E-state index contributed by atoms with van der Waals surface area (Å²) in [6.45, 7) is 7.83. The van der Waals surface area contributed by atoms with Crippen molar-refractivity contribution in [3.8, 4) is 0 Å². The van der Waals surface area contributed by atoms with Gasteiger partial charge in [0.15, 0.2) is 5.82 Å². The van der Waals surface area contributed by atoms with E-state index >= 15 is 0 Å². The van der Waals surface area contributed by atoms with E-state index in [4.69, 9.17) is 4.98 Å². The van der Waals surface area contributed by atoms with Crippen LogP contribution in [0.2, 0.25) is 0 Å². The molecule has 1 aliphatic rings. The maximum absolute atomic E-state index is 14.0. The third-order valence-electron chi connectivity index (χ3n) is 6.70. The highest BCUT2D eigenvalue weighted by Gasteiger charge is 2.28. The van der Waals surface area contributed by atoms with Crippen LogP contribution in [0.4, 0.5) is 14.6 Å². The largest absolute Gasteiger partial charge is 0.348 e. The SMILES string of the molecule is Cc1c(C)n(Cc2ccc(F)cc2)c2c(N3CCc4ccc(F)cc4C3C)nccc12.Cl. The fourth-order valence-electron chi connectivity index (χ4n) is 4.83. The van der Waals surface area contributed by atoms with Crippen LogP contribution in [0.1, 0.15) is 40.9 Å². The summed E-state index contributed by atoms with van der Waals surface area (Å²) in [5.41, 5.74) is 6.73. The average molecular weight is 454 g/mol. The summed E-state index contributed by atoms with van der Waals surface area (Å²) in [6.07, 6.45) is 2.72. The Morgan fingerprint density at radius 1 is 1.00 bits per heavy atom. The first-order chi connectivity index (χ1) is 14.9. The number of anilines is 1. The van der Waals surface area contributed by atoms with E-state index in [-0.39, 0.29) is 30.1 Å². The summed E-state index contributed by atoms with van der Waals surface area (Å²) < 4.78 is 29.7. The molecule has 0 aliphatic carbocycles. The number of aromatic nitrogens is 2. The number of pyridine rings is 1. The molecule has 0 radical (unpaired) electrons. The Hall–Kier alpha value is -2.92. The van der Waals surface area contributed by atoms with Crippen molar-refractivity contribution in [1.82, 2.24) is 9.55 Å². The smallest absolute Gasteiger partial charge is 0.153 e. The topological polar surface area (TPSA) is 21.1 Å². The molecule has 1 unspecified atom stereocenters. The number of rotatable bonds is 3. The predicted molar refractivity (Wildman–Crippen MR) is 128 cm³/mol. The normalized spacial score (nSPS) is 15.5. The van der Waals surface area contributed by atoms with Gasteiger partial charge in [0, 0.05) is 30.4 Å². The molecular formula is C26H26ClF2N3. The molecular weight excluding hydrogens is 428 g/mol. The Bertz CT molecular complexity index is 1280. The van der Waals surface area contributed by atoms with Gasteiger partial charge in [0.2, 0.25) is 0 Å². The molecule has 4 aromatic rings. The zero-order valence-electron chi connectivity index (χ0n) is 18.4. The lowest BCUT2D eigenvalue weighted by atomic mass is 9.93. The van der Waals surface area contributed by atoms with Crippen molar-refractivity contribution >= 4 is 29.1 Å². The predicted octanol–water partition coefficient (Wildman–Crippen LogP) is 6.53. The van der Waals surface area contributed by atoms with Gasteiger partial charge < -0.3 is 9.47 Å². The van der Waals surface area contributed by atoms with Gasteiger partial charge in [-0.05, 0) is 79.8 Å². The van der Waals surface area contributed by atoms with Crippen LogP contribution >= 0.6 is 12.4 Å². The van der Waals surface area contributed by atoms with Gasteiger partial charge in [-0.15, -0.1) is 12.4 Å². The van der Waals surface area contributed by atoms with Crippen LogP contribution in [-0.2, 0) is 13.0 Å². The van der Waals surface area contributed by atoms with Gasteiger partial charge in [0.25, 0.3) is 0 Å². The van der Waals surface area contributed by atoms with E-state index in [0.717, 1.165) is 35.4 Å². The van der Waals surface area contributed by atoms with Crippen molar-refractivity contribution in [2.24, 2.45) is 0 Å². The maximum atomic E-state index is 14.0. The Labute approximate surface area is 193 Å². The number of fused-ring (bicyclic) bond motifs is 2. The Morgan fingerprint density at radius 2 is 1.72 bits per heavy atom. The van der Waals surface area contributed by atoms with Gasteiger partial charge in [-0.3, -0.25) is 0 Å². The number of aryl methyl sites for hydroxylation is 1. The lowest BCUT2D eigenvalue weighted by Crippen LogP contribution is -2.35. The second kappa shape index (κ2) is 8.55. The van der Waals surface area contributed by atoms with Gasteiger partial charge in [-0.25, -0.2) is 13.8 Å². The molecule has 0 spiro atoms. The number of hydrogen-bond acceptors (Lipinski definition) is 2. The standard InChI is InChI=1S/C26H25F2N3.ClH/c1-16-17(2)31(15-19-4-7-21(27)8-5-19)25-23(16)10-12-29-26(25)30-13-11-20-6-9-22(28)14-24(20)18(30)3;/h4-10,12,14,18H,11,13,15H2,1-3H3;1H. The minimum Gasteiger partial charge on any atom is -0.348 e. The average Bonchev–Trinajstić information content (AvgIpc) is 3.01. The molecule has 0 saturated carbocycles. The zero-order chi connectivity index (χ0) is 21.7. The van der Waals surface area contributed by atoms with Crippen LogP contribution in [0.15, 0.2) is 54.7 Å². The highest BCUT2D eigenvalue weighted by Crippen LogP contribution is 2.38. The summed E-state index contributed by atoms with van der Waals surface area (Å²) >= 11 is 0. The summed E-state index contributed by atoms with van der Waals surface area (Å²) in [7, 11) is 0. The van der Waals surface area contributed by atoms with Gasteiger partial charge in [0.1, 0.15) is 11.6 Å². The molecule has 3 nitrogen and oxygen atoms in total. The first-order valence-electron chi connectivity index (χ1n) is 10.7.